The molecule has 0 radical (unpaired) electrons. The first-order valence-electron chi connectivity index (χ1n) is 6.92. The van der Waals surface area contributed by atoms with Crippen LogP contribution in [0.1, 0.15) is 58.8 Å². The minimum absolute atomic E-state index is 0.00711. The first-order valence-corrected chi connectivity index (χ1v) is 6.92. The summed E-state index contributed by atoms with van der Waals surface area (Å²) in [6.45, 7) is 4.85. The van der Waals surface area contributed by atoms with Crippen molar-refractivity contribution in [3.05, 3.63) is 0 Å². The van der Waals surface area contributed by atoms with Gasteiger partial charge in [0.05, 0.1) is 13.0 Å². The lowest BCUT2D eigenvalue weighted by molar-refractivity contribution is -0.146. The van der Waals surface area contributed by atoms with E-state index in [0.29, 0.717) is 18.9 Å². The van der Waals surface area contributed by atoms with Crippen molar-refractivity contribution in [2.24, 2.45) is 5.92 Å². The largest absolute Gasteiger partial charge is 0.466 e. The van der Waals surface area contributed by atoms with E-state index in [1.54, 1.807) is 0 Å². The van der Waals surface area contributed by atoms with Gasteiger partial charge in [0.15, 0.2) is 0 Å². The highest BCUT2D eigenvalue weighted by Crippen LogP contribution is 2.30. The predicted molar refractivity (Wildman–Crippen MR) is 69.9 cm³/mol. The molecule has 1 fully saturated rings. The van der Waals surface area contributed by atoms with Gasteiger partial charge >= 0.3 is 5.97 Å². The van der Waals surface area contributed by atoms with Crippen LogP contribution in [-0.4, -0.2) is 25.2 Å². The third kappa shape index (κ3) is 5.07. The standard InChI is InChI=1S/C14H27NO2/c1-12(2)7-10-17-13(16)11-14(15-3)8-5-4-6-9-14/h12,15H,4-11H2,1-3H3. The molecule has 0 bridgehead atoms. The second-order valence-corrected chi connectivity index (χ2v) is 5.67. The van der Waals surface area contributed by atoms with Gasteiger partial charge in [-0.2, -0.15) is 0 Å². The summed E-state index contributed by atoms with van der Waals surface area (Å²) in [6.07, 6.45) is 7.43. The molecule has 0 unspecified atom stereocenters. The smallest absolute Gasteiger partial charge is 0.307 e. The Balaban J connectivity index is 2.32. The second-order valence-electron chi connectivity index (χ2n) is 5.67. The average molecular weight is 241 g/mol. The Morgan fingerprint density at radius 3 is 2.47 bits per heavy atom. The topological polar surface area (TPSA) is 38.3 Å². The molecule has 0 saturated heterocycles. The molecule has 0 aromatic heterocycles. The van der Waals surface area contributed by atoms with Gasteiger partial charge in [-0.3, -0.25) is 4.79 Å². The van der Waals surface area contributed by atoms with Crippen LogP contribution in [-0.2, 0) is 9.53 Å². The summed E-state index contributed by atoms with van der Waals surface area (Å²) in [7, 11) is 1.96. The van der Waals surface area contributed by atoms with Crippen LogP contribution in [0.2, 0.25) is 0 Å². The van der Waals surface area contributed by atoms with Crippen LogP contribution in [0.3, 0.4) is 0 Å². The number of ether oxygens (including phenoxy) is 1. The fourth-order valence-electron chi connectivity index (χ4n) is 2.48. The number of esters is 1. The van der Waals surface area contributed by atoms with Crippen molar-refractivity contribution in [1.82, 2.24) is 5.32 Å². The predicted octanol–water partition coefficient (Wildman–Crippen LogP) is 2.89. The molecule has 1 saturated carbocycles. The molecule has 0 atom stereocenters. The van der Waals surface area contributed by atoms with Gasteiger partial charge in [0.1, 0.15) is 0 Å². The summed E-state index contributed by atoms with van der Waals surface area (Å²) in [4.78, 5) is 11.8. The van der Waals surface area contributed by atoms with E-state index >= 15 is 0 Å². The van der Waals surface area contributed by atoms with Gasteiger partial charge in [-0.1, -0.05) is 33.1 Å². The van der Waals surface area contributed by atoms with Crippen LogP contribution in [0, 0.1) is 5.92 Å². The number of hydrogen-bond donors (Lipinski definition) is 1. The zero-order valence-corrected chi connectivity index (χ0v) is 11.6. The highest BCUT2D eigenvalue weighted by atomic mass is 16.5. The van der Waals surface area contributed by atoms with E-state index in [0.717, 1.165) is 19.3 Å². The monoisotopic (exact) mass is 241 g/mol. The Bertz CT molecular complexity index is 232. The van der Waals surface area contributed by atoms with E-state index in [1.807, 2.05) is 7.05 Å². The van der Waals surface area contributed by atoms with Crippen LogP contribution in [0.25, 0.3) is 0 Å². The first-order chi connectivity index (χ1) is 8.08. The molecule has 1 rings (SSSR count). The van der Waals surface area contributed by atoms with Crippen molar-refractivity contribution in [2.45, 2.75) is 64.3 Å². The van der Waals surface area contributed by atoms with Gasteiger partial charge in [-0.15, -0.1) is 0 Å². The summed E-state index contributed by atoms with van der Waals surface area (Å²) < 4.78 is 5.30. The molecule has 1 aliphatic rings. The third-order valence-electron chi connectivity index (χ3n) is 3.78. The Morgan fingerprint density at radius 1 is 1.29 bits per heavy atom. The molecule has 1 aliphatic carbocycles. The van der Waals surface area contributed by atoms with Crippen LogP contribution in [0.5, 0.6) is 0 Å². The van der Waals surface area contributed by atoms with Crippen molar-refractivity contribution in [1.29, 1.82) is 0 Å². The van der Waals surface area contributed by atoms with E-state index in [1.165, 1.54) is 19.3 Å². The van der Waals surface area contributed by atoms with Gasteiger partial charge in [0.2, 0.25) is 0 Å². The van der Waals surface area contributed by atoms with Crippen molar-refractivity contribution in [3.63, 3.8) is 0 Å². The van der Waals surface area contributed by atoms with Crippen molar-refractivity contribution < 1.29 is 9.53 Å². The van der Waals surface area contributed by atoms with Crippen LogP contribution in [0.4, 0.5) is 0 Å². The molecule has 17 heavy (non-hydrogen) atoms. The summed E-state index contributed by atoms with van der Waals surface area (Å²) in [6, 6.07) is 0. The van der Waals surface area contributed by atoms with E-state index in [2.05, 4.69) is 19.2 Å². The number of carbonyl (C=O) groups excluding carboxylic acids is 1. The molecule has 3 heteroatoms. The molecule has 0 heterocycles. The van der Waals surface area contributed by atoms with E-state index < -0.39 is 0 Å². The molecule has 0 amide bonds. The number of nitrogens with one attached hydrogen (secondary N) is 1. The van der Waals surface area contributed by atoms with Gasteiger partial charge < -0.3 is 10.1 Å². The minimum atomic E-state index is -0.0399. The van der Waals surface area contributed by atoms with Crippen molar-refractivity contribution in [3.8, 4) is 0 Å². The lowest BCUT2D eigenvalue weighted by atomic mass is 9.79. The molecule has 100 valence electrons. The molecule has 0 aromatic rings. The summed E-state index contributed by atoms with van der Waals surface area (Å²) >= 11 is 0. The fraction of sp³-hybridized carbons (Fsp3) is 0.929. The molecule has 0 aliphatic heterocycles. The van der Waals surface area contributed by atoms with Crippen LogP contribution >= 0.6 is 0 Å². The Kier molecular flexibility index (Phi) is 5.96. The molecule has 1 N–H and O–H groups in total. The summed E-state index contributed by atoms with van der Waals surface area (Å²) in [5, 5.41) is 3.35. The van der Waals surface area contributed by atoms with Gasteiger partial charge in [0.25, 0.3) is 0 Å². The number of hydrogen-bond acceptors (Lipinski definition) is 3. The second kappa shape index (κ2) is 7.00. The molecule has 0 aromatic carbocycles. The highest BCUT2D eigenvalue weighted by Gasteiger charge is 2.33. The zero-order chi connectivity index (χ0) is 12.7. The normalized spacial score (nSPS) is 19.3. The molecule has 0 spiro atoms. The SMILES string of the molecule is CNC1(CC(=O)OCCC(C)C)CCCCC1. The first kappa shape index (κ1) is 14.5. The maximum absolute atomic E-state index is 11.8. The Labute approximate surface area is 105 Å². The summed E-state index contributed by atoms with van der Waals surface area (Å²) in [5.41, 5.74) is 0.00711. The minimum Gasteiger partial charge on any atom is -0.466 e. The quantitative estimate of drug-likeness (QED) is 0.727. The average Bonchev–Trinajstić information content (AvgIpc) is 2.29. The third-order valence-corrected chi connectivity index (χ3v) is 3.78. The Morgan fingerprint density at radius 2 is 1.94 bits per heavy atom. The van der Waals surface area contributed by atoms with Crippen LogP contribution < -0.4 is 5.32 Å². The maximum Gasteiger partial charge on any atom is 0.307 e. The van der Waals surface area contributed by atoms with Crippen molar-refractivity contribution in [2.75, 3.05) is 13.7 Å². The summed E-state index contributed by atoms with van der Waals surface area (Å²) in [5.74, 6) is 0.553. The van der Waals surface area contributed by atoms with Gasteiger partial charge in [-0.05, 0) is 32.2 Å². The van der Waals surface area contributed by atoms with Gasteiger partial charge in [-0.25, -0.2) is 0 Å². The lowest BCUT2D eigenvalue weighted by Gasteiger charge is -2.36. The van der Waals surface area contributed by atoms with Gasteiger partial charge in [0, 0.05) is 5.54 Å². The van der Waals surface area contributed by atoms with E-state index in [4.69, 9.17) is 4.74 Å². The molecular weight excluding hydrogens is 214 g/mol. The molecule has 3 nitrogen and oxygen atoms in total. The van der Waals surface area contributed by atoms with Crippen molar-refractivity contribution >= 4 is 5.97 Å². The zero-order valence-electron chi connectivity index (χ0n) is 11.6. The van der Waals surface area contributed by atoms with E-state index in [-0.39, 0.29) is 11.5 Å². The molecular formula is C14H27NO2. The maximum atomic E-state index is 11.8. The van der Waals surface area contributed by atoms with E-state index in [9.17, 15) is 4.79 Å². The highest BCUT2D eigenvalue weighted by molar-refractivity contribution is 5.71. The fourth-order valence-corrected chi connectivity index (χ4v) is 2.48. The number of rotatable bonds is 6. The lowest BCUT2D eigenvalue weighted by Crippen LogP contribution is -2.46. The Hall–Kier alpha value is -0.570. The number of carbonyl (C=O) groups is 1. The van der Waals surface area contributed by atoms with Crippen LogP contribution in [0.15, 0.2) is 0 Å².